The van der Waals surface area contributed by atoms with E-state index in [1.54, 1.807) is 18.2 Å². The number of carbonyl (C=O) groups excluding carboxylic acids is 1. The number of rotatable bonds is 10. The van der Waals surface area contributed by atoms with Crippen LogP contribution in [0.15, 0.2) is 47.4 Å². The molecule has 2 aromatic rings. The van der Waals surface area contributed by atoms with Gasteiger partial charge in [0.15, 0.2) is 11.5 Å². The molecule has 10 heteroatoms. The van der Waals surface area contributed by atoms with Crippen LogP contribution in [0.4, 0.5) is 5.69 Å². The van der Waals surface area contributed by atoms with Crippen molar-refractivity contribution in [2.45, 2.75) is 17.7 Å². The molecule has 0 fully saturated rings. The van der Waals surface area contributed by atoms with Crippen LogP contribution >= 0.6 is 0 Å². The van der Waals surface area contributed by atoms with E-state index in [9.17, 15) is 13.2 Å². The second-order valence-electron chi connectivity index (χ2n) is 6.06. The molecule has 29 heavy (non-hydrogen) atoms. The summed E-state index contributed by atoms with van der Waals surface area (Å²) in [6.45, 7) is 0.107. The van der Waals surface area contributed by atoms with E-state index in [0.29, 0.717) is 29.2 Å². The normalized spacial score (nSPS) is 11.0. The molecule has 5 N–H and O–H groups in total. The van der Waals surface area contributed by atoms with Gasteiger partial charge >= 0.3 is 0 Å². The standard InChI is InChI=1S/C19H24N4O5S/c1-27-16-10-7-14(12-17(16)28-2)23-18(24)4-3-11-22-29(25,26)15-8-5-13(6-9-15)19(20)21/h5-10,12,22H,3-4,11H2,1-2H3,(H3,20,21)(H,23,24). The Morgan fingerprint density at radius 2 is 1.72 bits per heavy atom. The Kier molecular flexibility index (Phi) is 7.57. The van der Waals surface area contributed by atoms with Crippen LogP contribution in [0.25, 0.3) is 0 Å². The average Bonchev–Trinajstić information content (AvgIpc) is 2.71. The number of nitrogens with one attached hydrogen (secondary N) is 3. The van der Waals surface area contributed by atoms with Crippen LogP contribution in [0, 0.1) is 5.41 Å². The van der Waals surface area contributed by atoms with Crippen molar-refractivity contribution in [1.29, 1.82) is 5.41 Å². The number of amides is 1. The van der Waals surface area contributed by atoms with Gasteiger partial charge < -0.3 is 20.5 Å². The molecule has 156 valence electrons. The summed E-state index contributed by atoms with van der Waals surface area (Å²) in [4.78, 5) is 12.1. The van der Waals surface area contributed by atoms with Crippen molar-refractivity contribution in [1.82, 2.24) is 4.72 Å². The SMILES string of the molecule is COc1ccc(NC(=O)CCCNS(=O)(=O)c2ccc(C(=N)N)cc2)cc1OC. The van der Waals surface area contributed by atoms with Crippen molar-refractivity contribution in [3.8, 4) is 11.5 Å². The molecule has 0 atom stereocenters. The van der Waals surface area contributed by atoms with Gasteiger partial charge in [-0.25, -0.2) is 13.1 Å². The third kappa shape index (κ3) is 6.19. The number of ether oxygens (including phenoxy) is 2. The van der Waals surface area contributed by atoms with Gasteiger partial charge in [-0.2, -0.15) is 0 Å². The maximum atomic E-state index is 12.3. The van der Waals surface area contributed by atoms with Crippen molar-refractivity contribution in [3.63, 3.8) is 0 Å². The van der Waals surface area contributed by atoms with E-state index >= 15 is 0 Å². The van der Waals surface area contributed by atoms with Crippen LogP contribution < -0.4 is 25.2 Å². The van der Waals surface area contributed by atoms with Gasteiger partial charge in [-0.1, -0.05) is 0 Å². The minimum Gasteiger partial charge on any atom is -0.493 e. The quantitative estimate of drug-likeness (QED) is 0.262. The summed E-state index contributed by atoms with van der Waals surface area (Å²) in [6, 6.07) is 10.7. The van der Waals surface area contributed by atoms with Gasteiger partial charge in [0.05, 0.1) is 19.1 Å². The fraction of sp³-hybridized carbons (Fsp3) is 0.263. The van der Waals surface area contributed by atoms with Gasteiger partial charge in [-0.05, 0) is 42.8 Å². The van der Waals surface area contributed by atoms with Crippen LogP contribution in [-0.4, -0.2) is 40.9 Å². The summed E-state index contributed by atoms with van der Waals surface area (Å²) in [7, 11) is -0.674. The molecule has 0 bridgehead atoms. The highest BCUT2D eigenvalue weighted by Crippen LogP contribution is 2.29. The number of methoxy groups -OCH3 is 2. The number of carbonyl (C=O) groups is 1. The number of hydrogen-bond donors (Lipinski definition) is 4. The lowest BCUT2D eigenvalue weighted by Crippen LogP contribution is -2.26. The molecule has 2 rings (SSSR count). The van der Waals surface area contributed by atoms with Crippen molar-refractivity contribution >= 4 is 27.5 Å². The summed E-state index contributed by atoms with van der Waals surface area (Å²) in [5.41, 5.74) is 6.35. The lowest BCUT2D eigenvalue weighted by Gasteiger charge is -2.11. The maximum Gasteiger partial charge on any atom is 0.240 e. The van der Waals surface area contributed by atoms with Gasteiger partial charge in [-0.15, -0.1) is 0 Å². The number of nitrogen functional groups attached to an aromatic ring is 1. The molecule has 0 aliphatic carbocycles. The summed E-state index contributed by atoms with van der Waals surface area (Å²) >= 11 is 0. The molecular weight excluding hydrogens is 396 g/mol. The molecule has 0 radical (unpaired) electrons. The van der Waals surface area contributed by atoms with E-state index in [1.807, 2.05) is 0 Å². The molecule has 2 aromatic carbocycles. The summed E-state index contributed by atoms with van der Waals surface area (Å²) in [5, 5.41) is 10.1. The fourth-order valence-electron chi connectivity index (χ4n) is 2.49. The highest BCUT2D eigenvalue weighted by atomic mass is 32.2. The van der Waals surface area contributed by atoms with E-state index < -0.39 is 10.0 Å². The number of nitrogens with two attached hydrogens (primary N) is 1. The van der Waals surface area contributed by atoms with Gasteiger partial charge in [0.2, 0.25) is 15.9 Å². The van der Waals surface area contributed by atoms with Crippen molar-refractivity contribution in [3.05, 3.63) is 48.0 Å². The van der Waals surface area contributed by atoms with Crippen molar-refractivity contribution in [2.75, 3.05) is 26.1 Å². The maximum absolute atomic E-state index is 12.3. The van der Waals surface area contributed by atoms with Crippen LogP contribution in [0.2, 0.25) is 0 Å². The Balaban J connectivity index is 1.83. The molecule has 0 heterocycles. The largest absolute Gasteiger partial charge is 0.493 e. The zero-order chi connectivity index (χ0) is 21.4. The van der Waals surface area contributed by atoms with E-state index in [-0.39, 0.29) is 29.6 Å². The summed E-state index contributed by atoms with van der Waals surface area (Å²) < 4.78 is 37.3. The smallest absolute Gasteiger partial charge is 0.240 e. The van der Waals surface area contributed by atoms with Gasteiger partial charge in [0.25, 0.3) is 0 Å². The first-order valence-electron chi connectivity index (χ1n) is 8.73. The fourth-order valence-corrected chi connectivity index (χ4v) is 3.56. The number of amidine groups is 1. The second kappa shape index (κ2) is 9.89. The molecule has 0 saturated carbocycles. The zero-order valence-electron chi connectivity index (χ0n) is 16.2. The molecule has 1 amide bonds. The lowest BCUT2D eigenvalue weighted by molar-refractivity contribution is -0.116. The van der Waals surface area contributed by atoms with Crippen LogP contribution in [-0.2, 0) is 14.8 Å². The van der Waals surface area contributed by atoms with E-state index in [1.165, 1.54) is 38.5 Å². The molecule has 9 nitrogen and oxygen atoms in total. The highest BCUT2D eigenvalue weighted by molar-refractivity contribution is 7.89. The molecule has 0 aliphatic rings. The number of sulfonamides is 1. The minimum absolute atomic E-state index is 0.0669. The number of hydrogen-bond acceptors (Lipinski definition) is 6. The predicted molar refractivity (Wildman–Crippen MR) is 110 cm³/mol. The highest BCUT2D eigenvalue weighted by Gasteiger charge is 2.14. The monoisotopic (exact) mass is 420 g/mol. The van der Waals surface area contributed by atoms with Gasteiger partial charge in [0, 0.05) is 30.3 Å². The molecule has 0 aromatic heterocycles. The molecule has 0 unspecified atom stereocenters. The van der Waals surface area contributed by atoms with Crippen LogP contribution in [0.5, 0.6) is 11.5 Å². The Labute approximate surface area is 169 Å². The van der Waals surface area contributed by atoms with Crippen LogP contribution in [0.3, 0.4) is 0 Å². The molecule has 0 spiro atoms. The topological polar surface area (TPSA) is 144 Å². The lowest BCUT2D eigenvalue weighted by atomic mass is 10.2. The Hall–Kier alpha value is -3.11. The van der Waals surface area contributed by atoms with Crippen LogP contribution in [0.1, 0.15) is 18.4 Å². The first kappa shape index (κ1) is 22.2. The third-order valence-corrected chi connectivity index (χ3v) is 5.49. The van der Waals surface area contributed by atoms with E-state index in [4.69, 9.17) is 20.6 Å². The van der Waals surface area contributed by atoms with Crippen molar-refractivity contribution < 1.29 is 22.7 Å². The zero-order valence-corrected chi connectivity index (χ0v) is 17.0. The Morgan fingerprint density at radius 3 is 2.31 bits per heavy atom. The van der Waals surface area contributed by atoms with Crippen molar-refractivity contribution in [2.24, 2.45) is 5.73 Å². The van der Waals surface area contributed by atoms with E-state index in [0.717, 1.165) is 0 Å². The average molecular weight is 420 g/mol. The Morgan fingerprint density at radius 1 is 1.07 bits per heavy atom. The Bertz CT molecular complexity index is 975. The van der Waals surface area contributed by atoms with Gasteiger partial charge in [-0.3, -0.25) is 10.2 Å². The molecule has 0 saturated heterocycles. The first-order valence-corrected chi connectivity index (χ1v) is 10.2. The molecular formula is C19H24N4O5S. The minimum atomic E-state index is -3.70. The third-order valence-electron chi connectivity index (χ3n) is 4.02. The first-order chi connectivity index (χ1) is 13.8. The summed E-state index contributed by atoms with van der Waals surface area (Å²) in [6.07, 6.45) is 0.462. The van der Waals surface area contributed by atoms with Gasteiger partial charge in [0.1, 0.15) is 5.84 Å². The number of benzene rings is 2. The predicted octanol–water partition coefficient (Wildman–Crippen LogP) is 1.69. The number of anilines is 1. The molecule has 0 aliphatic heterocycles. The van der Waals surface area contributed by atoms with E-state index in [2.05, 4.69) is 10.0 Å². The summed E-state index contributed by atoms with van der Waals surface area (Å²) in [5.74, 6) is 0.662. The second-order valence-corrected chi connectivity index (χ2v) is 7.82.